The van der Waals surface area contributed by atoms with Crippen molar-refractivity contribution in [3.05, 3.63) is 57.8 Å². The van der Waals surface area contributed by atoms with Crippen LogP contribution in [0.25, 0.3) is 0 Å². The van der Waals surface area contributed by atoms with Crippen LogP contribution in [0.4, 0.5) is 17.2 Å². The van der Waals surface area contributed by atoms with E-state index in [-0.39, 0.29) is 17.3 Å². The molecule has 130 valence electrons. The van der Waals surface area contributed by atoms with E-state index in [1.807, 2.05) is 12.1 Å². The fourth-order valence-electron chi connectivity index (χ4n) is 2.98. The SMILES string of the molecule is N#Cc1ccc(N2CCC(Nc3ccc([N+](=O)[O-])cc3C#N)CC2)nc1. The number of hydrogen-bond donors (Lipinski definition) is 1. The number of nitrogens with zero attached hydrogens (tertiary/aromatic N) is 5. The minimum Gasteiger partial charge on any atom is -0.381 e. The Kier molecular flexibility index (Phi) is 4.95. The summed E-state index contributed by atoms with van der Waals surface area (Å²) in [5.41, 5.74) is 1.34. The predicted molar refractivity (Wildman–Crippen MR) is 95.6 cm³/mol. The van der Waals surface area contributed by atoms with Crippen LogP contribution in [-0.2, 0) is 0 Å². The Morgan fingerprint density at radius 2 is 1.96 bits per heavy atom. The van der Waals surface area contributed by atoms with Gasteiger partial charge in [0.05, 0.1) is 21.7 Å². The van der Waals surface area contributed by atoms with Gasteiger partial charge in [-0.15, -0.1) is 0 Å². The first-order valence-electron chi connectivity index (χ1n) is 8.17. The zero-order valence-electron chi connectivity index (χ0n) is 13.9. The highest BCUT2D eigenvalue weighted by molar-refractivity contribution is 5.62. The third-order valence-electron chi connectivity index (χ3n) is 4.39. The van der Waals surface area contributed by atoms with E-state index in [9.17, 15) is 15.4 Å². The van der Waals surface area contributed by atoms with E-state index >= 15 is 0 Å². The highest BCUT2D eigenvalue weighted by Gasteiger charge is 2.21. The monoisotopic (exact) mass is 348 g/mol. The summed E-state index contributed by atoms with van der Waals surface area (Å²) in [5, 5.41) is 32.2. The molecule has 1 aromatic heterocycles. The molecule has 1 saturated heterocycles. The number of nitro benzene ring substituents is 1. The maximum Gasteiger partial charge on any atom is 0.270 e. The maximum atomic E-state index is 10.8. The first-order valence-corrected chi connectivity index (χ1v) is 8.17. The van der Waals surface area contributed by atoms with Gasteiger partial charge < -0.3 is 10.2 Å². The number of nitriles is 2. The van der Waals surface area contributed by atoms with Crippen LogP contribution in [0.15, 0.2) is 36.5 Å². The Bertz CT molecular complexity index is 889. The molecule has 0 bridgehead atoms. The standard InChI is InChI=1S/C18H16N6O2/c19-10-13-1-4-18(21-12-13)23-7-5-15(6-8-23)22-17-3-2-16(24(25)26)9-14(17)11-20/h1-4,9,12,15,22H,5-8H2. The van der Waals surface area contributed by atoms with Gasteiger partial charge in [-0.2, -0.15) is 10.5 Å². The van der Waals surface area contributed by atoms with E-state index in [0.29, 0.717) is 11.3 Å². The van der Waals surface area contributed by atoms with Crippen molar-refractivity contribution in [3.63, 3.8) is 0 Å². The van der Waals surface area contributed by atoms with E-state index in [4.69, 9.17) is 5.26 Å². The number of hydrogen-bond acceptors (Lipinski definition) is 7. The second-order valence-corrected chi connectivity index (χ2v) is 6.02. The molecular weight excluding hydrogens is 332 g/mol. The quantitative estimate of drug-likeness (QED) is 0.666. The number of nitro groups is 1. The first-order chi connectivity index (χ1) is 12.6. The highest BCUT2D eigenvalue weighted by Crippen LogP contribution is 2.25. The van der Waals surface area contributed by atoms with Gasteiger partial charge in [0.25, 0.3) is 5.69 Å². The minimum atomic E-state index is -0.506. The molecule has 0 atom stereocenters. The number of aromatic nitrogens is 1. The molecule has 0 radical (unpaired) electrons. The zero-order chi connectivity index (χ0) is 18.5. The normalized spacial score (nSPS) is 14.3. The molecule has 8 nitrogen and oxygen atoms in total. The van der Waals surface area contributed by atoms with Gasteiger partial charge in [-0.05, 0) is 31.0 Å². The fraction of sp³-hybridized carbons (Fsp3) is 0.278. The first kappa shape index (κ1) is 17.2. The van der Waals surface area contributed by atoms with Crippen molar-refractivity contribution < 1.29 is 4.92 Å². The number of benzene rings is 1. The lowest BCUT2D eigenvalue weighted by Gasteiger charge is -2.33. The molecule has 1 aromatic carbocycles. The van der Waals surface area contributed by atoms with E-state index in [1.165, 1.54) is 12.1 Å². The summed E-state index contributed by atoms with van der Waals surface area (Å²) in [6, 6.07) is 12.1. The summed E-state index contributed by atoms with van der Waals surface area (Å²) < 4.78 is 0. The van der Waals surface area contributed by atoms with Crippen molar-refractivity contribution in [2.24, 2.45) is 0 Å². The number of piperidine rings is 1. The van der Waals surface area contributed by atoms with Crippen molar-refractivity contribution in [1.82, 2.24) is 4.98 Å². The molecule has 1 aliphatic heterocycles. The lowest BCUT2D eigenvalue weighted by atomic mass is 10.0. The van der Waals surface area contributed by atoms with Gasteiger partial charge in [0, 0.05) is 37.5 Å². The average molecular weight is 348 g/mol. The van der Waals surface area contributed by atoms with Crippen molar-refractivity contribution in [3.8, 4) is 12.1 Å². The second-order valence-electron chi connectivity index (χ2n) is 6.02. The molecule has 0 saturated carbocycles. The molecule has 8 heteroatoms. The fourth-order valence-corrected chi connectivity index (χ4v) is 2.98. The van der Waals surface area contributed by atoms with Gasteiger partial charge >= 0.3 is 0 Å². The smallest absolute Gasteiger partial charge is 0.270 e. The van der Waals surface area contributed by atoms with Crippen LogP contribution >= 0.6 is 0 Å². The minimum absolute atomic E-state index is 0.0891. The lowest BCUT2D eigenvalue weighted by Crippen LogP contribution is -2.39. The number of rotatable bonds is 4. The number of nitrogens with one attached hydrogen (secondary N) is 1. The Morgan fingerprint density at radius 3 is 2.54 bits per heavy atom. The maximum absolute atomic E-state index is 10.8. The molecule has 0 spiro atoms. The van der Waals surface area contributed by atoms with E-state index in [2.05, 4.69) is 21.3 Å². The van der Waals surface area contributed by atoms with Crippen LogP contribution < -0.4 is 10.2 Å². The van der Waals surface area contributed by atoms with E-state index in [1.54, 1.807) is 18.3 Å². The highest BCUT2D eigenvalue weighted by atomic mass is 16.6. The summed E-state index contributed by atoms with van der Waals surface area (Å²) in [6.07, 6.45) is 3.27. The second kappa shape index (κ2) is 7.49. The number of pyridine rings is 1. The van der Waals surface area contributed by atoms with E-state index < -0.39 is 4.92 Å². The Hall–Kier alpha value is -3.65. The molecule has 1 N–H and O–H groups in total. The predicted octanol–water partition coefficient (Wildman–Crippen LogP) is 2.81. The Morgan fingerprint density at radius 1 is 1.19 bits per heavy atom. The molecule has 2 heterocycles. The molecule has 0 unspecified atom stereocenters. The van der Waals surface area contributed by atoms with Gasteiger partial charge in [-0.3, -0.25) is 10.1 Å². The van der Waals surface area contributed by atoms with Crippen LogP contribution in [0.2, 0.25) is 0 Å². The molecule has 0 aliphatic carbocycles. The average Bonchev–Trinajstić information content (AvgIpc) is 2.69. The molecule has 0 amide bonds. The summed E-state index contributed by atoms with van der Waals surface area (Å²) in [7, 11) is 0. The Balaban J connectivity index is 1.63. The summed E-state index contributed by atoms with van der Waals surface area (Å²) in [5.74, 6) is 0.843. The number of anilines is 2. The van der Waals surface area contributed by atoms with Crippen LogP contribution in [-0.4, -0.2) is 29.0 Å². The van der Waals surface area contributed by atoms with Gasteiger partial charge in [-0.1, -0.05) is 0 Å². The van der Waals surface area contributed by atoms with Gasteiger partial charge in [-0.25, -0.2) is 4.98 Å². The van der Waals surface area contributed by atoms with Crippen molar-refractivity contribution in [1.29, 1.82) is 10.5 Å². The molecular formula is C18H16N6O2. The Labute approximate surface area is 150 Å². The van der Waals surface area contributed by atoms with Gasteiger partial charge in [0.1, 0.15) is 18.0 Å². The summed E-state index contributed by atoms with van der Waals surface area (Å²) >= 11 is 0. The molecule has 2 aromatic rings. The largest absolute Gasteiger partial charge is 0.381 e. The van der Waals surface area contributed by atoms with Gasteiger partial charge in [0.2, 0.25) is 0 Å². The van der Waals surface area contributed by atoms with Crippen molar-refractivity contribution in [2.75, 3.05) is 23.3 Å². The summed E-state index contributed by atoms with van der Waals surface area (Å²) in [6.45, 7) is 1.59. The molecule has 26 heavy (non-hydrogen) atoms. The topological polar surface area (TPSA) is 119 Å². The third-order valence-corrected chi connectivity index (χ3v) is 4.39. The third kappa shape index (κ3) is 3.70. The van der Waals surface area contributed by atoms with E-state index in [0.717, 1.165) is 31.7 Å². The van der Waals surface area contributed by atoms with Crippen LogP contribution in [0.3, 0.4) is 0 Å². The molecule has 3 rings (SSSR count). The van der Waals surface area contributed by atoms with Gasteiger partial charge in [0.15, 0.2) is 0 Å². The van der Waals surface area contributed by atoms with Crippen LogP contribution in [0, 0.1) is 32.8 Å². The lowest BCUT2D eigenvalue weighted by molar-refractivity contribution is -0.384. The van der Waals surface area contributed by atoms with Crippen LogP contribution in [0.5, 0.6) is 0 Å². The molecule has 1 aliphatic rings. The zero-order valence-corrected chi connectivity index (χ0v) is 13.9. The van der Waals surface area contributed by atoms with Crippen molar-refractivity contribution in [2.45, 2.75) is 18.9 Å². The number of non-ortho nitro benzene ring substituents is 1. The molecule has 1 fully saturated rings. The van der Waals surface area contributed by atoms with Crippen LogP contribution in [0.1, 0.15) is 24.0 Å². The summed E-state index contributed by atoms with van der Waals surface area (Å²) in [4.78, 5) is 16.8. The van der Waals surface area contributed by atoms with Crippen molar-refractivity contribution >= 4 is 17.2 Å².